The van der Waals surface area contributed by atoms with Crippen LogP contribution in [-0.2, 0) is 6.42 Å². The van der Waals surface area contributed by atoms with Gasteiger partial charge in [-0.25, -0.2) is 9.78 Å². The van der Waals surface area contributed by atoms with Gasteiger partial charge in [0, 0.05) is 6.20 Å². The van der Waals surface area contributed by atoms with Crippen LogP contribution in [0.5, 0.6) is 0 Å². The van der Waals surface area contributed by atoms with E-state index in [1.165, 1.54) is 0 Å². The first-order valence-corrected chi connectivity index (χ1v) is 3.68. The number of halogens is 3. The number of rotatable bonds is 2. The summed E-state index contributed by atoms with van der Waals surface area (Å²) in [5, 5.41) is 8.41. The second-order valence-electron chi connectivity index (χ2n) is 2.67. The van der Waals surface area contributed by atoms with E-state index in [9.17, 15) is 22.8 Å². The van der Waals surface area contributed by atoms with Crippen LogP contribution in [0.4, 0.5) is 13.2 Å². The van der Waals surface area contributed by atoms with Crippen molar-refractivity contribution in [2.75, 3.05) is 0 Å². The van der Waals surface area contributed by atoms with E-state index in [2.05, 4.69) is 4.98 Å². The largest absolute Gasteiger partial charge is 0.477 e. The summed E-state index contributed by atoms with van der Waals surface area (Å²) in [6.45, 7) is 0. The average molecular weight is 222 g/mol. The maximum Gasteiger partial charge on any atom is 0.396 e. The molecule has 0 spiro atoms. The van der Waals surface area contributed by atoms with Gasteiger partial charge in [0.1, 0.15) is 17.8 Å². The molecule has 0 saturated heterocycles. The summed E-state index contributed by atoms with van der Waals surface area (Å²) in [7, 11) is 0. The molecule has 0 aromatic carbocycles. The van der Waals surface area contributed by atoms with E-state index in [-0.39, 0.29) is 0 Å². The van der Waals surface area contributed by atoms with Gasteiger partial charge in [0.2, 0.25) is 0 Å². The fourth-order valence-corrected chi connectivity index (χ4v) is 0.864. The molecule has 2 N–H and O–H groups in total. The van der Waals surface area contributed by atoms with Gasteiger partial charge in [0.15, 0.2) is 0 Å². The highest BCUT2D eigenvalue weighted by Gasteiger charge is 2.29. The maximum atomic E-state index is 11.9. The van der Waals surface area contributed by atoms with Crippen LogP contribution in [-0.4, -0.2) is 27.2 Å². The van der Waals surface area contributed by atoms with Gasteiger partial charge in [-0.05, 0) is 0 Å². The molecule has 1 aromatic heterocycles. The Hall–Kier alpha value is -1.86. The van der Waals surface area contributed by atoms with Gasteiger partial charge in [-0.1, -0.05) is 0 Å². The van der Waals surface area contributed by atoms with Crippen molar-refractivity contribution in [3.63, 3.8) is 0 Å². The first kappa shape index (κ1) is 11.2. The smallest absolute Gasteiger partial charge is 0.396 e. The Balaban J connectivity index is 3.03. The zero-order chi connectivity index (χ0) is 11.6. The summed E-state index contributed by atoms with van der Waals surface area (Å²) in [4.78, 5) is 26.2. The molecule has 0 amide bonds. The SMILES string of the molecule is O=C(O)c1cnc(CC(F)(F)F)[nH]c1=O. The van der Waals surface area contributed by atoms with Crippen molar-refractivity contribution in [2.24, 2.45) is 0 Å². The molecule has 5 nitrogen and oxygen atoms in total. The van der Waals surface area contributed by atoms with E-state index in [0.29, 0.717) is 6.20 Å². The normalized spacial score (nSPS) is 11.4. The number of carboxylic acids is 1. The summed E-state index contributed by atoms with van der Waals surface area (Å²) in [5.74, 6) is -2.15. The molecular formula is C7H5F3N2O3. The van der Waals surface area contributed by atoms with Crippen LogP contribution in [0.15, 0.2) is 11.0 Å². The predicted octanol–water partition coefficient (Wildman–Crippen LogP) is 0.573. The molecule has 15 heavy (non-hydrogen) atoms. The third kappa shape index (κ3) is 3.08. The molecule has 0 fully saturated rings. The molecule has 0 aliphatic carbocycles. The standard InChI is InChI=1S/C7H5F3N2O3/c8-7(9,10)1-4-11-2-3(6(14)15)5(13)12-4/h2H,1H2,(H,14,15)(H,11,12,13). The first-order chi connectivity index (χ1) is 6.79. The number of hydrogen-bond donors (Lipinski definition) is 2. The molecule has 1 rings (SSSR count). The average Bonchev–Trinajstić information content (AvgIpc) is 1.99. The lowest BCUT2D eigenvalue weighted by molar-refractivity contribution is -0.128. The minimum atomic E-state index is -4.50. The van der Waals surface area contributed by atoms with Crippen LogP contribution < -0.4 is 5.56 Å². The van der Waals surface area contributed by atoms with Gasteiger partial charge in [-0.15, -0.1) is 0 Å². The second-order valence-corrected chi connectivity index (χ2v) is 2.67. The van der Waals surface area contributed by atoms with E-state index in [0.717, 1.165) is 0 Å². The number of carbonyl (C=O) groups is 1. The highest BCUT2D eigenvalue weighted by Crippen LogP contribution is 2.18. The number of aromatic nitrogens is 2. The number of alkyl halides is 3. The molecule has 0 aliphatic heterocycles. The van der Waals surface area contributed by atoms with E-state index in [1.807, 2.05) is 0 Å². The Labute approximate surface area is 80.6 Å². The Morgan fingerprint density at radius 3 is 2.53 bits per heavy atom. The number of aromatic amines is 1. The Kier molecular flexibility index (Phi) is 2.78. The molecule has 82 valence electrons. The van der Waals surface area contributed by atoms with Gasteiger partial charge in [0.05, 0.1) is 0 Å². The molecular weight excluding hydrogens is 217 g/mol. The Morgan fingerprint density at radius 1 is 1.53 bits per heavy atom. The van der Waals surface area contributed by atoms with E-state index in [4.69, 9.17) is 5.11 Å². The molecule has 0 radical (unpaired) electrons. The van der Waals surface area contributed by atoms with Crippen molar-refractivity contribution in [1.29, 1.82) is 0 Å². The fourth-order valence-electron chi connectivity index (χ4n) is 0.864. The van der Waals surface area contributed by atoms with Crippen molar-refractivity contribution >= 4 is 5.97 Å². The van der Waals surface area contributed by atoms with Gasteiger partial charge in [-0.3, -0.25) is 4.79 Å². The number of nitrogens with one attached hydrogen (secondary N) is 1. The van der Waals surface area contributed by atoms with Gasteiger partial charge in [0.25, 0.3) is 5.56 Å². The van der Waals surface area contributed by atoms with Crippen LogP contribution in [0, 0.1) is 0 Å². The van der Waals surface area contributed by atoms with Crippen LogP contribution in [0.3, 0.4) is 0 Å². The highest BCUT2D eigenvalue weighted by molar-refractivity contribution is 5.86. The molecule has 0 aliphatic rings. The second kappa shape index (κ2) is 3.71. The van der Waals surface area contributed by atoms with Gasteiger partial charge >= 0.3 is 12.1 Å². The lowest BCUT2D eigenvalue weighted by Crippen LogP contribution is -2.23. The number of carboxylic acid groups (broad SMARTS) is 1. The van der Waals surface area contributed by atoms with Crippen LogP contribution in [0.25, 0.3) is 0 Å². The quantitative estimate of drug-likeness (QED) is 0.766. The summed E-state index contributed by atoms with van der Waals surface area (Å²) in [6.07, 6.45) is -5.30. The van der Waals surface area contributed by atoms with Crippen molar-refractivity contribution < 1.29 is 23.1 Å². The molecule has 1 aromatic rings. The topological polar surface area (TPSA) is 83.0 Å². The van der Waals surface area contributed by atoms with Crippen molar-refractivity contribution in [3.8, 4) is 0 Å². The highest BCUT2D eigenvalue weighted by atomic mass is 19.4. The lowest BCUT2D eigenvalue weighted by Gasteiger charge is -2.04. The number of H-pyrrole nitrogens is 1. The van der Waals surface area contributed by atoms with Crippen LogP contribution in [0.1, 0.15) is 16.2 Å². The third-order valence-electron chi connectivity index (χ3n) is 1.45. The lowest BCUT2D eigenvalue weighted by atomic mass is 10.3. The Bertz CT molecular complexity index is 438. The minimum absolute atomic E-state index is 0.599. The Morgan fingerprint density at radius 2 is 2.13 bits per heavy atom. The van der Waals surface area contributed by atoms with Crippen molar-refractivity contribution in [1.82, 2.24) is 9.97 Å². The third-order valence-corrected chi connectivity index (χ3v) is 1.45. The fraction of sp³-hybridized carbons (Fsp3) is 0.286. The first-order valence-electron chi connectivity index (χ1n) is 3.68. The summed E-state index contributed by atoms with van der Waals surface area (Å²) in [6, 6.07) is 0. The molecule has 8 heteroatoms. The monoisotopic (exact) mass is 222 g/mol. The molecule has 0 unspecified atom stereocenters. The number of hydrogen-bond acceptors (Lipinski definition) is 3. The zero-order valence-electron chi connectivity index (χ0n) is 7.13. The van der Waals surface area contributed by atoms with E-state index < -0.39 is 35.5 Å². The summed E-state index contributed by atoms with van der Waals surface area (Å²) in [5.41, 5.74) is -1.79. The maximum absolute atomic E-state index is 11.9. The molecule has 0 bridgehead atoms. The van der Waals surface area contributed by atoms with E-state index >= 15 is 0 Å². The van der Waals surface area contributed by atoms with Crippen LogP contribution in [0.2, 0.25) is 0 Å². The number of aromatic carboxylic acids is 1. The van der Waals surface area contributed by atoms with Gasteiger partial charge < -0.3 is 10.1 Å². The van der Waals surface area contributed by atoms with Crippen LogP contribution >= 0.6 is 0 Å². The summed E-state index contributed by atoms with van der Waals surface area (Å²) >= 11 is 0. The van der Waals surface area contributed by atoms with Gasteiger partial charge in [-0.2, -0.15) is 13.2 Å². The minimum Gasteiger partial charge on any atom is -0.477 e. The zero-order valence-corrected chi connectivity index (χ0v) is 7.13. The molecule has 1 heterocycles. The van der Waals surface area contributed by atoms with Crippen molar-refractivity contribution in [3.05, 3.63) is 27.9 Å². The number of nitrogens with zero attached hydrogens (tertiary/aromatic N) is 1. The molecule has 0 atom stereocenters. The summed E-state index contributed by atoms with van der Waals surface area (Å²) < 4.78 is 35.6. The van der Waals surface area contributed by atoms with E-state index in [1.54, 1.807) is 4.98 Å². The predicted molar refractivity (Wildman–Crippen MR) is 41.6 cm³/mol. The molecule has 0 saturated carbocycles. The van der Waals surface area contributed by atoms with Crippen molar-refractivity contribution in [2.45, 2.75) is 12.6 Å².